The van der Waals surface area contributed by atoms with Gasteiger partial charge in [0.1, 0.15) is 14.6 Å². The molecule has 1 aliphatic carbocycles. The monoisotopic (exact) mass is 517 g/mol. The minimum atomic E-state index is -4.67. The van der Waals surface area contributed by atoms with Gasteiger partial charge in [0.15, 0.2) is 0 Å². The van der Waals surface area contributed by atoms with Crippen LogP contribution < -0.4 is 0 Å². The third-order valence-corrected chi connectivity index (χ3v) is 9.50. The molecule has 11 heteroatoms. The molecule has 0 aliphatic heterocycles. The standard InChI is InChI=1S/C19H17Cl3F3NO2S2/c1-18(19(23,24)25,15-11(20)12(21)16(22)30-15)7-10(26-2)13-8-5-3-4-6-9(8)14(29-13)17(27)28/h3-7H2,1-2H3,(H,27,28). The second-order valence-electron chi connectivity index (χ2n) is 7.24. The average molecular weight is 519 g/mol. The molecule has 164 valence electrons. The van der Waals surface area contributed by atoms with Crippen LogP contribution in [0.3, 0.4) is 0 Å². The first-order chi connectivity index (χ1) is 13.9. The van der Waals surface area contributed by atoms with Crippen molar-refractivity contribution in [1.29, 1.82) is 0 Å². The summed E-state index contributed by atoms with van der Waals surface area (Å²) in [7, 11) is 1.41. The van der Waals surface area contributed by atoms with Gasteiger partial charge in [-0.25, -0.2) is 4.79 Å². The largest absolute Gasteiger partial charge is 0.477 e. The van der Waals surface area contributed by atoms with Gasteiger partial charge in [0, 0.05) is 18.3 Å². The minimum absolute atomic E-state index is 0.0104. The SMILES string of the molecule is CN=C(CC(C)(c1sc(Cl)c(Cl)c1Cl)C(F)(F)F)c1sc(C(=O)O)c2c1CCCC2. The molecule has 0 spiro atoms. The molecule has 0 aromatic carbocycles. The zero-order valence-electron chi connectivity index (χ0n) is 15.9. The predicted octanol–water partition coefficient (Wildman–Crippen LogP) is 7.68. The van der Waals surface area contributed by atoms with Gasteiger partial charge in [-0.3, -0.25) is 4.99 Å². The van der Waals surface area contributed by atoms with Gasteiger partial charge in [-0.05, 0) is 43.7 Å². The Balaban J connectivity index is 2.13. The van der Waals surface area contributed by atoms with Crippen molar-refractivity contribution in [2.75, 3.05) is 7.05 Å². The number of carboxylic acids is 1. The highest BCUT2D eigenvalue weighted by Crippen LogP contribution is 2.53. The molecule has 1 unspecified atom stereocenters. The lowest BCUT2D eigenvalue weighted by atomic mass is 9.80. The molecule has 0 bridgehead atoms. The number of fused-ring (bicyclic) bond motifs is 1. The van der Waals surface area contributed by atoms with Crippen LogP contribution in [0, 0.1) is 0 Å². The van der Waals surface area contributed by atoms with E-state index in [1.807, 2.05) is 0 Å². The van der Waals surface area contributed by atoms with Crippen molar-refractivity contribution < 1.29 is 23.1 Å². The van der Waals surface area contributed by atoms with Crippen LogP contribution in [0.1, 0.15) is 56.7 Å². The maximum atomic E-state index is 14.3. The molecular formula is C19H17Cl3F3NO2S2. The number of thiophene rings is 2. The van der Waals surface area contributed by atoms with Crippen LogP contribution in [0.15, 0.2) is 4.99 Å². The second-order valence-corrected chi connectivity index (χ2v) is 10.6. The lowest BCUT2D eigenvalue weighted by molar-refractivity contribution is -0.182. The zero-order chi connectivity index (χ0) is 22.4. The molecule has 1 aliphatic rings. The quantitative estimate of drug-likeness (QED) is 0.413. The molecule has 0 radical (unpaired) electrons. The van der Waals surface area contributed by atoms with Gasteiger partial charge < -0.3 is 5.11 Å². The topological polar surface area (TPSA) is 49.7 Å². The third kappa shape index (κ3) is 4.01. The van der Waals surface area contributed by atoms with Crippen LogP contribution >= 0.6 is 57.5 Å². The molecule has 30 heavy (non-hydrogen) atoms. The summed E-state index contributed by atoms with van der Waals surface area (Å²) in [5.74, 6) is -1.07. The highest BCUT2D eigenvalue weighted by molar-refractivity contribution is 7.18. The number of aromatic carboxylic acids is 1. The summed E-state index contributed by atoms with van der Waals surface area (Å²) in [6.45, 7) is 1.04. The minimum Gasteiger partial charge on any atom is -0.477 e. The second kappa shape index (κ2) is 8.62. The molecule has 2 aromatic heterocycles. The van der Waals surface area contributed by atoms with Crippen molar-refractivity contribution in [3.05, 3.63) is 40.1 Å². The number of carbonyl (C=O) groups is 1. The van der Waals surface area contributed by atoms with Crippen molar-refractivity contribution in [2.24, 2.45) is 4.99 Å². The Morgan fingerprint density at radius 3 is 2.07 bits per heavy atom. The number of halogens is 6. The number of alkyl halides is 3. The fraction of sp³-hybridized carbons (Fsp3) is 0.474. The predicted molar refractivity (Wildman–Crippen MR) is 118 cm³/mol. The van der Waals surface area contributed by atoms with Crippen molar-refractivity contribution >= 4 is 69.2 Å². The van der Waals surface area contributed by atoms with Crippen molar-refractivity contribution in [3.8, 4) is 0 Å². The smallest absolute Gasteiger partial charge is 0.399 e. The number of nitrogens with zero attached hydrogens (tertiary/aromatic N) is 1. The van der Waals surface area contributed by atoms with Gasteiger partial charge in [0.05, 0.1) is 20.6 Å². The van der Waals surface area contributed by atoms with Crippen LogP contribution in [-0.4, -0.2) is 30.0 Å². The average Bonchev–Trinajstić information content (AvgIpc) is 3.19. The van der Waals surface area contributed by atoms with E-state index >= 15 is 0 Å². The number of rotatable bonds is 5. The Morgan fingerprint density at radius 1 is 1.07 bits per heavy atom. The number of aliphatic imine (C=N–C) groups is 1. The number of carboxylic acid groups (broad SMARTS) is 1. The Bertz CT molecular complexity index is 1030. The number of hydrogen-bond acceptors (Lipinski definition) is 4. The van der Waals surface area contributed by atoms with E-state index in [0.29, 0.717) is 34.6 Å². The van der Waals surface area contributed by atoms with E-state index in [0.717, 1.165) is 36.7 Å². The summed E-state index contributed by atoms with van der Waals surface area (Å²) >= 11 is 19.7. The first kappa shape index (κ1) is 23.9. The van der Waals surface area contributed by atoms with E-state index in [-0.39, 0.29) is 29.8 Å². The molecule has 1 N–H and O–H groups in total. The third-order valence-electron chi connectivity index (χ3n) is 5.35. The van der Waals surface area contributed by atoms with Crippen LogP contribution in [-0.2, 0) is 18.3 Å². The van der Waals surface area contributed by atoms with Crippen molar-refractivity contribution in [3.63, 3.8) is 0 Å². The van der Waals surface area contributed by atoms with Gasteiger partial charge in [-0.15, -0.1) is 22.7 Å². The van der Waals surface area contributed by atoms with E-state index in [9.17, 15) is 23.1 Å². The Morgan fingerprint density at radius 2 is 1.63 bits per heavy atom. The number of hydrogen-bond donors (Lipinski definition) is 1. The van der Waals surface area contributed by atoms with Gasteiger partial charge in [-0.2, -0.15) is 13.2 Å². The highest BCUT2D eigenvalue weighted by Gasteiger charge is 2.55. The van der Waals surface area contributed by atoms with E-state index in [1.54, 1.807) is 0 Å². The summed E-state index contributed by atoms with van der Waals surface area (Å²) in [6.07, 6.45) is -2.26. The van der Waals surface area contributed by atoms with Crippen LogP contribution in [0.25, 0.3) is 0 Å². The Labute approximate surface area is 194 Å². The lowest BCUT2D eigenvalue weighted by Crippen LogP contribution is -2.41. The zero-order valence-corrected chi connectivity index (χ0v) is 19.8. The fourth-order valence-corrected chi connectivity index (χ4v) is 7.02. The van der Waals surface area contributed by atoms with E-state index in [2.05, 4.69) is 4.99 Å². The normalized spacial score (nSPS) is 17.0. The molecule has 1 atom stereocenters. The fourth-order valence-electron chi connectivity index (χ4n) is 3.66. The summed E-state index contributed by atoms with van der Waals surface area (Å²) < 4.78 is 42.9. The Hall–Kier alpha value is -0.800. The molecule has 0 saturated carbocycles. The maximum Gasteiger partial charge on any atom is 0.399 e. The molecule has 3 rings (SSSR count). The van der Waals surface area contributed by atoms with Gasteiger partial charge in [0.25, 0.3) is 0 Å². The summed E-state index contributed by atoms with van der Waals surface area (Å²) in [5.41, 5.74) is -0.692. The van der Waals surface area contributed by atoms with Crippen molar-refractivity contribution in [1.82, 2.24) is 0 Å². The van der Waals surface area contributed by atoms with Crippen LogP contribution in [0.2, 0.25) is 14.4 Å². The molecule has 0 fully saturated rings. The molecular weight excluding hydrogens is 502 g/mol. The molecule has 2 aromatic rings. The molecule has 0 amide bonds. The van der Waals surface area contributed by atoms with Crippen LogP contribution in [0.5, 0.6) is 0 Å². The highest BCUT2D eigenvalue weighted by atomic mass is 35.5. The van der Waals surface area contributed by atoms with E-state index in [4.69, 9.17) is 34.8 Å². The first-order valence-corrected chi connectivity index (χ1v) is 11.7. The van der Waals surface area contributed by atoms with Gasteiger partial charge in [-0.1, -0.05) is 34.8 Å². The van der Waals surface area contributed by atoms with Crippen LogP contribution in [0.4, 0.5) is 13.2 Å². The van der Waals surface area contributed by atoms with Crippen molar-refractivity contribution in [2.45, 2.75) is 50.6 Å². The van der Waals surface area contributed by atoms with E-state index in [1.165, 1.54) is 7.05 Å². The molecule has 2 heterocycles. The Kier molecular flexibility index (Phi) is 6.85. The van der Waals surface area contributed by atoms with Gasteiger partial charge >= 0.3 is 12.1 Å². The summed E-state index contributed by atoms with van der Waals surface area (Å²) in [4.78, 5) is 16.3. The summed E-state index contributed by atoms with van der Waals surface area (Å²) in [5, 5.41) is 9.24. The first-order valence-electron chi connectivity index (χ1n) is 8.96. The molecule has 0 saturated heterocycles. The van der Waals surface area contributed by atoms with E-state index < -0.39 is 24.0 Å². The maximum absolute atomic E-state index is 14.3. The summed E-state index contributed by atoms with van der Waals surface area (Å²) in [6, 6.07) is 0. The lowest BCUT2D eigenvalue weighted by Gasteiger charge is -2.32. The van der Waals surface area contributed by atoms with Gasteiger partial charge in [0.2, 0.25) is 0 Å². The molecule has 3 nitrogen and oxygen atoms in total.